The molecule has 3 nitrogen and oxygen atoms in total. The lowest BCUT2D eigenvalue weighted by atomic mass is 9.91. The van der Waals surface area contributed by atoms with Crippen LogP contribution in [0.4, 0.5) is 5.82 Å². The summed E-state index contributed by atoms with van der Waals surface area (Å²) < 4.78 is 0. The van der Waals surface area contributed by atoms with Crippen molar-refractivity contribution < 1.29 is 0 Å². The Balaban J connectivity index is 2.14. The third-order valence-corrected chi connectivity index (χ3v) is 4.78. The van der Waals surface area contributed by atoms with Crippen molar-refractivity contribution in [3.05, 3.63) is 11.9 Å². The monoisotopic (exact) mass is 279 g/mol. The van der Waals surface area contributed by atoms with Gasteiger partial charge in [0.25, 0.3) is 0 Å². The molecule has 1 aromatic heterocycles. The Labute approximate surface area is 120 Å². The average molecular weight is 279 g/mol. The highest BCUT2D eigenvalue weighted by Gasteiger charge is 2.23. The van der Waals surface area contributed by atoms with Crippen LogP contribution in [0.5, 0.6) is 0 Å². The van der Waals surface area contributed by atoms with Crippen LogP contribution in [-0.4, -0.2) is 15.2 Å². The number of nitrogen functional groups attached to an aromatic ring is 1. The third-order valence-electron chi connectivity index (χ3n) is 3.57. The molecule has 1 aliphatic carbocycles. The predicted octanol–water partition coefficient (Wildman–Crippen LogP) is 4.03. The minimum absolute atomic E-state index is 0.0510. The van der Waals surface area contributed by atoms with Gasteiger partial charge < -0.3 is 5.73 Å². The van der Waals surface area contributed by atoms with E-state index in [9.17, 15) is 0 Å². The Bertz CT molecular complexity index is 440. The van der Waals surface area contributed by atoms with E-state index in [1.807, 2.05) is 17.8 Å². The SMILES string of the molecule is CC1CCCC(Sc2cc(N)nc(C(C)(C)C)n2)C1. The van der Waals surface area contributed by atoms with Gasteiger partial charge in [-0.25, -0.2) is 9.97 Å². The van der Waals surface area contributed by atoms with Gasteiger partial charge in [0.2, 0.25) is 0 Å². The molecule has 0 aromatic carbocycles. The summed E-state index contributed by atoms with van der Waals surface area (Å²) in [6.07, 6.45) is 5.30. The molecule has 0 bridgehead atoms. The zero-order valence-electron chi connectivity index (χ0n) is 12.4. The molecule has 1 heterocycles. The molecule has 1 fully saturated rings. The molecule has 0 saturated heterocycles. The fourth-order valence-corrected chi connectivity index (χ4v) is 3.87. The second-order valence-electron chi connectivity index (χ2n) is 6.72. The summed E-state index contributed by atoms with van der Waals surface area (Å²) in [5, 5.41) is 1.72. The first-order chi connectivity index (χ1) is 8.84. The Morgan fingerprint density at radius 2 is 2.00 bits per heavy atom. The van der Waals surface area contributed by atoms with E-state index in [0.29, 0.717) is 11.1 Å². The summed E-state index contributed by atoms with van der Waals surface area (Å²) in [6.45, 7) is 8.72. The molecule has 4 heteroatoms. The van der Waals surface area contributed by atoms with E-state index in [-0.39, 0.29) is 5.41 Å². The van der Waals surface area contributed by atoms with Gasteiger partial charge in [0.15, 0.2) is 0 Å². The van der Waals surface area contributed by atoms with Gasteiger partial charge in [-0.05, 0) is 18.8 Å². The number of aromatic nitrogens is 2. The lowest BCUT2D eigenvalue weighted by Gasteiger charge is -2.26. The molecule has 0 radical (unpaired) electrons. The smallest absolute Gasteiger partial charge is 0.137 e. The highest BCUT2D eigenvalue weighted by Crippen LogP contribution is 2.36. The summed E-state index contributed by atoms with van der Waals surface area (Å²) in [7, 11) is 0. The van der Waals surface area contributed by atoms with Crippen molar-refractivity contribution in [2.75, 3.05) is 5.73 Å². The molecule has 2 atom stereocenters. The number of hydrogen-bond acceptors (Lipinski definition) is 4. The minimum atomic E-state index is -0.0510. The molecule has 0 amide bonds. The van der Waals surface area contributed by atoms with Crippen molar-refractivity contribution in [1.29, 1.82) is 0 Å². The van der Waals surface area contributed by atoms with Gasteiger partial charge in [-0.15, -0.1) is 11.8 Å². The molecule has 106 valence electrons. The van der Waals surface area contributed by atoms with Crippen LogP contribution in [0, 0.1) is 5.92 Å². The first kappa shape index (κ1) is 14.6. The fraction of sp³-hybridized carbons (Fsp3) is 0.733. The van der Waals surface area contributed by atoms with E-state index in [1.165, 1.54) is 25.7 Å². The van der Waals surface area contributed by atoms with Gasteiger partial charge in [0.05, 0.1) is 0 Å². The highest BCUT2D eigenvalue weighted by atomic mass is 32.2. The van der Waals surface area contributed by atoms with Gasteiger partial charge in [0, 0.05) is 16.7 Å². The van der Waals surface area contributed by atoms with Crippen molar-refractivity contribution >= 4 is 17.6 Å². The van der Waals surface area contributed by atoms with Crippen molar-refractivity contribution in [3.8, 4) is 0 Å². The van der Waals surface area contributed by atoms with Gasteiger partial charge in [-0.3, -0.25) is 0 Å². The largest absolute Gasteiger partial charge is 0.384 e. The molecule has 1 aliphatic rings. The lowest BCUT2D eigenvalue weighted by Crippen LogP contribution is -2.18. The molecule has 0 aliphatic heterocycles. The topological polar surface area (TPSA) is 51.8 Å². The molecule has 0 spiro atoms. The van der Waals surface area contributed by atoms with E-state index in [1.54, 1.807) is 0 Å². The van der Waals surface area contributed by atoms with Crippen molar-refractivity contribution in [2.45, 2.75) is 69.1 Å². The standard InChI is InChI=1S/C15H25N3S/c1-10-6-5-7-11(8-10)19-13-9-12(16)17-14(18-13)15(2,3)4/h9-11H,5-8H2,1-4H3,(H2,16,17,18). The molecule has 1 aromatic rings. The maximum atomic E-state index is 5.92. The van der Waals surface area contributed by atoms with E-state index in [2.05, 4.69) is 32.7 Å². The van der Waals surface area contributed by atoms with Gasteiger partial charge in [-0.2, -0.15) is 0 Å². The summed E-state index contributed by atoms with van der Waals surface area (Å²) in [4.78, 5) is 9.06. The maximum Gasteiger partial charge on any atom is 0.137 e. The van der Waals surface area contributed by atoms with Crippen LogP contribution in [-0.2, 0) is 5.41 Å². The summed E-state index contributed by atoms with van der Waals surface area (Å²) >= 11 is 1.88. The molecular weight excluding hydrogens is 254 g/mol. The number of hydrogen-bond donors (Lipinski definition) is 1. The summed E-state index contributed by atoms with van der Waals surface area (Å²) in [5.41, 5.74) is 5.87. The van der Waals surface area contributed by atoms with E-state index >= 15 is 0 Å². The van der Waals surface area contributed by atoms with Crippen LogP contribution >= 0.6 is 11.8 Å². The average Bonchev–Trinajstić information content (AvgIpc) is 2.26. The first-order valence-corrected chi connectivity index (χ1v) is 8.04. The van der Waals surface area contributed by atoms with Gasteiger partial charge in [-0.1, -0.05) is 40.5 Å². The Morgan fingerprint density at radius 3 is 2.63 bits per heavy atom. The van der Waals surface area contributed by atoms with Crippen molar-refractivity contribution in [3.63, 3.8) is 0 Å². The Morgan fingerprint density at radius 1 is 1.26 bits per heavy atom. The predicted molar refractivity (Wildman–Crippen MR) is 82.4 cm³/mol. The fourth-order valence-electron chi connectivity index (χ4n) is 2.49. The van der Waals surface area contributed by atoms with E-state index < -0.39 is 0 Å². The molecular formula is C15H25N3S. The van der Waals surface area contributed by atoms with Crippen LogP contribution in [0.2, 0.25) is 0 Å². The second-order valence-corrected chi connectivity index (χ2v) is 8.04. The summed E-state index contributed by atoms with van der Waals surface area (Å²) in [6, 6.07) is 1.92. The third kappa shape index (κ3) is 4.10. The minimum Gasteiger partial charge on any atom is -0.384 e. The van der Waals surface area contributed by atoms with Crippen molar-refractivity contribution in [1.82, 2.24) is 9.97 Å². The molecule has 1 saturated carbocycles. The zero-order chi connectivity index (χ0) is 14.0. The van der Waals surface area contributed by atoms with E-state index in [4.69, 9.17) is 10.7 Å². The molecule has 19 heavy (non-hydrogen) atoms. The van der Waals surface area contributed by atoms with Crippen LogP contribution in [0.1, 0.15) is 59.2 Å². The normalized spacial score (nSPS) is 24.4. The van der Waals surface area contributed by atoms with Crippen LogP contribution in [0.15, 0.2) is 11.1 Å². The number of anilines is 1. The van der Waals surface area contributed by atoms with Gasteiger partial charge in [0.1, 0.15) is 16.7 Å². The Kier molecular flexibility index (Phi) is 4.39. The molecule has 2 N–H and O–H groups in total. The zero-order valence-corrected chi connectivity index (χ0v) is 13.3. The first-order valence-electron chi connectivity index (χ1n) is 7.16. The Hall–Kier alpha value is -0.770. The van der Waals surface area contributed by atoms with Gasteiger partial charge >= 0.3 is 0 Å². The summed E-state index contributed by atoms with van der Waals surface area (Å²) in [5.74, 6) is 2.28. The highest BCUT2D eigenvalue weighted by molar-refractivity contribution is 7.99. The molecule has 2 unspecified atom stereocenters. The second kappa shape index (κ2) is 5.70. The van der Waals surface area contributed by atoms with Crippen LogP contribution in [0.3, 0.4) is 0 Å². The molecule has 2 rings (SSSR count). The quantitative estimate of drug-likeness (QED) is 0.831. The number of thioether (sulfide) groups is 1. The van der Waals surface area contributed by atoms with Crippen LogP contribution < -0.4 is 5.73 Å². The number of nitrogens with two attached hydrogens (primary N) is 1. The van der Waals surface area contributed by atoms with Crippen LogP contribution in [0.25, 0.3) is 0 Å². The number of nitrogens with zero attached hydrogens (tertiary/aromatic N) is 2. The van der Waals surface area contributed by atoms with E-state index in [0.717, 1.165) is 16.8 Å². The lowest BCUT2D eigenvalue weighted by molar-refractivity contribution is 0.394. The van der Waals surface area contributed by atoms with Crippen molar-refractivity contribution in [2.24, 2.45) is 5.92 Å². The maximum absolute atomic E-state index is 5.92. The number of rotatable bonds is 2.